The summed E-state index contributed by atoms with van der Waals surface area (Å²) in [6.45, 7) is 2.19. The molecule has 2 aromatic carbocycles. The standard InChI is InChI=1S/C18H18ClN3O3S/c1-13-6-5-7-14(12-13)18-20-17(21-25-18)10-11-22(2)26(23,24)16-9-4-3-8-15(16)19/h3-9,12H,10-11H2,1-2H3. The molecule has 3 rings (SSSR count). The van der Waals surface area contributed by atoms with Crippen molar-refractivity contribution >= 4 is 21.6 Å². The van der Waals surface area contributed by atoms with Crippen LogP contribution in [0, 0.1) is 6.92 Å². The normalized spacial score (nSPS) is 11.8. The van der Waals surface area contributed by atoms with E-state index in [-0.39, 0.29) is 16.5 Å². The first kappa shape index (κ1) is 18.6. The number of aromatic nitrogens is 2. The molecule has 1 aromatic heterocycles. The molecule has 0 amide bonds. The van der Waals surface area contributed by atoms with E-state index in [1.165, 1.54) is 17.4 Å². The van der Waals surface area contributed by atoms with Crippen LogP contribution in [0.5, 0.6) is 0 Å². The van der Waals surface area contributed by atoms with E-state index in [1.807, 2.05) is 31.2 Å². The minimum Gasteiger partial charge on any atom is -0.334 e. The zero-order valence-electron chi connectivity index (χ0n) is 14.4. The molecular weight excluding hydrogens is 374 g/mol. The maximum absolute atomic E-state index is 12.6. The van der Waals surface area contributed by atoms with Gasteiger partial charge in [-0.15, -0.1) is 0 Å². The molecule has 8 heteroatoms. The van der Waals surface area contributed by atoms with Crippen LogP contribution in [-0.4, -0.2) is 36.5 Å². The van der Waals surface area contributed by atoms with Crippen LogP contribution in [0.1, 0.15) is 11.4 Å². The van der Waals surface area contributed by atoms with Crippen molar-refractivity contribution in [2.24, 2.45) is 0 Å². The predicted molar refractivity (Wildman–Crippen MR) is 99.4 cm³/mol. The van der Waals surface area contributed by atoms with Gasteiger partial charge < -0.3 is 4.52 Å². The van der Waals surface area contributed by atoms with Crippen molar-refractivity contribution in [3.8, 4) is 11.5 Å². The number of hydrogen-bond donors (Lipinski definition) is 0. The number of hydrogen-bond acceptors (Lipinski definition) is 5. The van der Waals surface area contributed by atoms with Gasteiger partial charge in [0.25, 0.3) is 5.89 Å². The van der Waals surface area contributed by atoms with E-state index >= 15 is 0 Å². The predicted octanol–water partition coefficient (Wildman–Crippen LogP) is 3.56. The zero-order chi connectivity index (χ0) is 18.7. The third-order valence-electron chi connectivity index (χ3n) is 3.91. The van der Waals surface area contributed by atoms with Crippen LogP contribution in [0.25, 0.3) is 11.5 Å². The Morgan fingerprint density at radius 1 is 1.15 bits per heavy atom. The quantitative estimate of drug-likeness (QED) is 0.642. The number of rotatable bonds is 6. The summed E-state index contributed by atoms with van der Waals surface area (Å²) in [6, 6.07) is 14.1. The third-order valence-corrected chi connectivity index (χ3v) is 6.26. The van der Waals surface area contributed by atoms with Gasteiger partial charge in [0.1, 0.15) is 4.90 Å². The minimum absolute atomic E-state index is 0.0812. The molecule has 0 spiro atoms. The molecule has 0 fully saturated rings. The van der Waals surface area contributed by atoms with Gasteiger partial charge in [-0.3, -0.25) is 0 Å². The monoisotopic (exact) mass is 391 g/mol. The second-order valence-electron chi connectivity index (χ2n) is 5.89. The van der Waals surface area contributed by atoms with Crippen LogP contribution >= 0.6 is 11.6 Å². The molecule has 0 aliphatic carbocycles. The van der Waals surface area contributed by atoms with Crippen LogP contribution in [0.3, 0.4) is 0 Å². The minimum atomic E-state index is -3.68. The fraction of sp³-hybridized carbons (Fsp3) is 0.222. The van der Waals surface area contributed by atoms with Crippen molar-refractivity contribution in [2.45, 2.75) is 18.2 Å². The van der Waals surface area contributed by atoms with Crippen molar-refractivity contribution in [2.75, 3.05) is 13.6 Å². The summed E-state index contributed by atoms with van der Waals surface area (Å²) in [5.74, 6) is 0.864. The van der Waals surface area contributed by atoms with Gasteiger partial charge >= 0.3 is 0 Å². The van der Waals surface area contributed by atoms with Gasteiger partial charge in [-0.2, -0.15) is 4.98 Å². The lowest BCUT2D eigenvalue weighted by Crippen LogP contribution is -2.29. The molecule has 1 heterocycles. The summed E-state index contributed by atoms with van der Waals surface area (Å²) in [5.41, 5.74) is 1.92. The van der Waals surface area contributed by atoms with Crippen molar-refractivity contribution in [3.63, 3.8) is 0 Å². The largest absolute Gasteiger partial charge is 0.334 e. The first-order valence-corrected chi connectivity index (χ1v) is 9.80. The molecule has 26 heavy (non-hydrogen) atoms. The van der Waals surface area contributed by atoms with Crippen LogP contribution in [-0.2, 0) is 16.4 Å². The Kier molecular flexibility index (Phi) is 5.41. The lowest BCUT2D eigenvalue weighted by molar-refractivity contribution is 0.415. The number of aryl methyl sites for hydroxylation is 1. The molecule has 0 saturated heterocycles. The van der Waals surface area contributed by atoms with Crippen LogP contribution in [0.2, 0.25) is 5.02 Å². The van der Waals surface area contributed by atoms with E-state index in [0.29, 0.717) is 18.1 Å². The SMILES string of the molecule is Cc1cccc(-c2nc(CCN(C)S(=O)(=O)c3ccccc3Cl)no2)c1. The van der Waals surface area contributed by atoms with Crippen LogP contribution in [0.15, 0.2) is 57.9 Å². The Morgan fingerprint density at radius 3 is 2.65 bits per heavy atom. The summed E-state index contributed by atoms with van der Waals surface area (Å²) in [4.78, 5) is 4.42. The van der Waals surface area contributed by atoms with Gasteiger partial charge in [0, 0.05) is 25.6 Å². The maximum atomic E-state index is 12.6. The molecule has 0 unspecified atom stereocenters. The lowest BCUT2D eigenvalue weighted by atomic mass is 10.1. The van der Waals surface area contributed by atoms with E-state index < -0.39 is 10.0 Å². The number of benzene rings is 2. The molecule has 136 valence electrons. The molecule has 0 saturated carbocycles. The molecule has 0 bridgehead atoms. The highest BCUT2D eigenvalue weighted by molar-refractivity contribution is 7.89. The van der Waals surface area contributed by atoms with Gasteiger partial charge in [0.2, 0.25) is 10.0 Å². The molecule has 3 aromatic rings. The topological polar surface area (TPSA) is 76.3 Å². The molecule has 0 aliphatic heterocycles. The van der Waals surface area contributed by atoms with Crippen molar-refractivity contribution in [1.29, 1.82) is 0 Å². The number of sulfonamides is 1. The summed E-state index contributed by atoms with van der Waals surface area (Å²) in [5, 5.41) is 4.13. The molecule has 0 aliphatic rings. The highest BCUT2D eigenvalue weighted by Crippen LogP contribution is 2.23. The van der Waals surface area contributed by atoms with E-state index in [9.17, 15) is 8.42 Å². The number of likely N-dealkylation sites (N-methyl/N-ethyl adjacent to an activating group) is 1. The van der Waals surface area contributed by atoms with Gasteiger partial charge in [-0.25, -0.2) is 12.7 Å². The molecule has 6 nitrogen and oxygen atoms in total. The fourth-order valence-corrected chi connectivity index (χ4v) is 4.11. The third kappa shape index (κ3) is 3.95. The summed E-state index contributed by atoms with van der Waals surface area (Å²) >= 11 is 6.01. The van der Waals surface area contributed by atoms with E-state index in [4.69, 9.17) is 16.1 Å². The number of halogens is 1. The summed E-state index contributed by atoms with van der Waals surface area (Å²) < 4.78 is 31.7. The van der Waals surface area contributed by atoms with Gasteiger partial charge in [-0.05, 0) is 31.2 Å². The second kappa shape index (κ2) is 7.57. The molecule has 0 atom stereocenters. The van der Waals surface area contributed by atoms with Crippen LogP contribution in [0.4, 0.5) is 0 Å². The summed E-state index contributed by atoms with van der Waals surface area (Å²) in [6.07, 6.45) is 0.329. The summed E-state index contributed by atoms with van der Waals surface area (Å²) in [7, 11) is -2.18. The maximum Gasteiger partial charge on any atom is 0.257 e. The Labute approximate surface area is 157 Å². The Morgan fingerprint density at radius 2 is 1.92 bits per heavy atom. The highest BCUT2D eigenvalue weighted by atomic mass is 35.5. The lowest BCUT2D eigenvalue weighted by Gasteiger charge is -2.17. The van der Waals surface area contributed by atoms with Gasteiger partial charge in [0.05, 0.1) is 5.02 Å². The smallest absolute Gasteiger partial charge is 0.257 e. The van der Waals surface area contributed by atoms with Crippen molar-refractivity contribution in [1.82, 2.24) is 14.4 Å². The van der Waals surface area contributed by atoms with E-state index in [0.717, 1.165) is 11.1 Å². The van der Waals surface area contributed by atoms with Gasteiger partial charge in [-0.1, -0.05) is 46.6 Å². The van der Waals surface area contributed by atoms with Crippen LogP contribution < -0.4 is 0 Å². The van der Waals surface area contributed by atoms with Crippen molar-refractivity contribution in [3.05, 3.63) is 64.9 Å². The first-order chi connectivity index (χ1) is 12.4. The average molecular weight is 392 g/mol. The Balaban J connectivity index is 1.70. The highest BCUT2D eigenvalue weighted by Gasteiger charge is 2.23. The molecule has 0 N–H and O–H groups in total. The van der Waals surface area contributed by atoms with Gasteiger partial charge in [0.15, 0.2) is 5.82 Å². The Bertz CT molecular complexity index is 1020. The van der Waals surface area contributed by atoms with Crippen molar-refractivity contribution < 1.29 is 12.9 Å². The fourth-order valence-electron chi connectivity index (χ4n) is 2.45. The Hall–Kier alpha value is -2.22. The van der Waals surface area contributed by atoms with E-state index in [2.05, 4.69) is 10.1 Å². The first-order valence-electron chi connectivity index (χ1n) is 7.98. The molecule has 0 radical (unpaired) electrons. The average Bonchev–Trinajstić information content (AvgIpc) is 3.09. The zero-order valence-corrected chi connectivity index (χ0v) is 16.0. The van der Waals surface area contributed by atoms with E-state index in [1.54, 1.807) is 18.2 Å². The molecular formula is C18H18ClN3O3S. The second-order valence-corrected chi connectivity index (χ2v) is 8.31. The number of nitrogens with zero attached hydrogens (tertiary/aromatic N) is 3.